The number of hydrogen-bond donors (Lipinski definition) is 2. The number of hydrogen-bond acceptors (Lipinski definition) is 4. The average molecular weight is 317 g/mol. The molecule has 1 aliphatic carbocycles. The van der Waals surface area contributed by atoms with Crippen LogP contribution in [0, 0.1) is 0 Å². The molecule has 1 aromatic heterocycles. The molecule has 2 heterocycles. The van der Waals surface area contributed by atoms with Crippen LogP contribution in [-0.4, -0.2) is 36.2 Å². The van der Waals surface area contributed by atoms with Gasteiger partial charge in [0.05, 0.1) is 18.0 Å². The third kappa shape index (κ3) is 4.93. The summed E-state index contributed by atoms with van der Waals surface area (Å²) < 4.78 is 5.58. The zero-order chi connectivity index (χ0) is 15.9. The fourth-order valence-corrected chi connectivity index (χ4v) is 3.35. The number of nitrogens with one attached hydrogen (secondary N) is 2. The maximum Gasteiger partial charge on any atom is 0.270 e. The Hall–Kier alpha value is -1.62. The molecule has 1 saturated carbocycles. The Morgan fingerprint density at radius 3 is 2.61 bits per heavy atom. The molecule has 1 aromatic rings. The minimum Gasteiger partial charge on any atom is -0.381 e. The number of anilines is 1. The van der Waals surface area contributed by atoms with E-state index in [-0.39, 0.29) is 5.91 Å². The van der Waals surface area contributed by atoms with E-state index >= 15 is 0 Å². The number of rotatable bonds is 5. The van der Waals surface area contributed by atoms with Gasteiger partial charge in [0.15, 0.2) is 0 Å². The molecule has 5 nitrogen and oxygen atoms in total. The lowest BCUT2D eigenvalue weighted by Gasteiger charge is -2.16. The zero-order valence-corrected chi connectivity index (χ0v) is 13.7. The number of amides is 1. The summed E-state index contributed by atoms with van der Waals surface area (Å²) in [6, 6.07) is 4.03. The molecular formula is C18H27N3O2. The van der Waals surface area contributed by atoms with Crippen LogP contribution >= 0.6 is 0 Å². The molecule has 1 aliphatic heterocycles. The third-order valence-corrected chi connectivity index (χ3v) is 4.74. The van der Waals surface area contributed by atoms with Gasteiger partial charge in [-0.05, 0) is 37.8 Å². The normalized spacial score (nSPS) is 22.5. The van der Waals surface area contributed by atoms with Crippen molar-refractivity contribution in [2.75, 3.05) is 18.5 Å². The van der Waals surface area contributed by atoms with Crippen LogP contribution in [0.3, 0.4) is 0 Å². The molecule has 2 aliphatic rings. The number of nitrogens with zero attached hydrogens (tertiary/aromatic N) is 1. The van der Waals surface area contributed by atoms with E-state index in [2.05, 4.69) is 15.6 Å². The van der Waals surface area contributed by atoms with Crippen molar-refractivity contribution in [3.63, 3.8) is 0 Å². The summed E-state index contributed by atoms with van der Waals surface area (Å²) in [7, 11) is 0. The maximum atomic E-state index is 12.3. The zero-order valence-electron chi connectivity index (χ0n) is 13.7. The van der Waals surface area contributed by atoms with Crippen molar-refractivity contribution in [1.82, 2.24) is 10.3 Å². The standard InChI is InChI=1S/C18H27N3O2/c22-18(21-14-6-3-1-2-4-7-14)17-10-9-15(12-20-17)19-13-16-8-5-11-23-16/h9-10,12,14,16,19H,1-8,11,13H2,(H,21,22). The van der Waals surface area contributed by atoms with Crippen molar-refractivity contribution in [2.45, 2.75) is 63.5 Å². The van der Waals surface area contributed by atoms with E-state index in [1.165, 1.54) is 25.7 Å². The highest BCUT2D eigenvalue weighted by Crippen LogP contribution is 2.18. The molecule has 0 bridgehead atoms. The third-order valence-electron chi connectivity index (χ3n) is 4.74. The predicted octanol–water partition coefficient (Wildman–Crippen LogP) is 3.13. The van der Waals surface area contributed by atoms with Gasteiger partial charge in [0, 0.05) is 19.2 Å². The van der Waals surface area contributed by atoms with E-state index in [0.29, 0.717) is 17.8 Å². The van der Waals surface area contributed by atoms with Crippen molar-refractivity contribution in [3.05, 3.63) is 24.0 Å². The Labute approximate surface area is 138 Å². The topological polar surface area (TPSA) is 63.2 Å². The molecule has 3 rings (SSSR count). The fraction of sp³-hybridized carbons (Fsp3) is 0.667. The van der Waals surface area contributed by atoms with Crippen LogP contribution in [0.1, 0.15) is 61.9 Å². The second-order valence-corrected chi connectivity index (χ2v) is 6.61. The fourth-order valence-electron chi connectivity index (χ4n) is 3.35. The molecule has 2 fully saturated rings. The van der Waals surface area contributed by atoms with Gasteiger partial charge in [0.25, 0.3) is 5.91 Å². The molecule has 1 saturated heterocycles. The summed E-state index contributed by atoms with van der Waals surface area (Å²) in [5.41, 5.74) is 1.43. The quantitative estimate of drug-likeness (QED) is 0.819. The Morgan fingerprint density at radius 2 is 1.96 bits per heavy atom. The largest absolute Gasteiger partial charge is 0.381 e. The first kappa shape index (κ1) is 16.2. The Bertz CT molecular complexity index is 489. The molecule has 2 N–H and O–H groups in total. The van der Waals surface area contributed by atoms with Crippen molar-refractivity contribution >= 4 is 11.6 Å². The summed E-state index contributed by atoms with van der Waals surface area (Å²) in [5, 5.41) is 6.45. The molecule has 0 aromatic carbocycles. The lowest BCUT2D eigenvalue weighted by molar-refractivity contribution is 0.0928. The summed E-state index contributed by atoms with van der Waals surface area (Å²) in [5.74, 6) is -0.0532. The number of carbonyl (C=O) groups excluding carboxylic acids is 1. The first-order chi connectivity index (χ1) is 11.3. The van der Waals surface area contributed by atoms with Crippen molar-refractivity contribution in [1.29, 1.82) is 0 Å². The van der Waals surface area contributed by atoms with Crippen LogP contribution in [0.25, 0.3) is 0 Å². The summed E-state index contributed by atoms with van der Waals surface area (Å²) in [6.45, 7) is 1.67. The van der Waals surface area contributed by atoms with Gasteiger partial charge in [0.2, 0.25) is 0 Å². The highest BCUT2D eigenvalue weighted by molar-refractivity contribution is 5.92. The number of carbonyl (C=O) groups is 1. The maximum absolute atomic E-state index is 12.3. The molecule has 1 amide bonds. The van der Waals surface area contributed by atoms with Gasteiger partial charge in [-0.25, -0.2) is 4.98 Å². The van der Waals surface area contributed by atoms with Crippen molar-refractivity contribution < 1.29 is 9.53 Å². The summed E-state index contributed by atoms with van der Waals surface area (Å²) in [6.07, 6.45) is 11.5. The van der Waals surface area contributed by atoms with Crippen LogP contribution < -0.4 is 10.6 Å². The van der Waals surface area contributed by atoms with E-state index in [1.54, 1.807) is 12.3 Å². The smallest absolute Gasteiger partial charge is 0.270 e. The highest BCUT2D eigenvalue weighted by atomic mass is 16.5. The monoisotopic (exact) mass is 317 g/mol. The molecule has 1 unspecified atom stereocenters. The molecule has 5 heteroatoms. The van der Waals surface area contributed by atoms with Crippen molar-refractivity contribution in [3.8, 4) is 0 Å². The Balaban J connectivity index is 1.48. The molecule has 0 radical (unpaired) electrons. The number of ether oxygens (including phenoxy) is 1. The second kappa shape index (κ2) is 8.29. The molecule has 1 atom stereocenters. The Morgan fingerprint density at radius 1 is 1.13 bits per heavy atom. The molecule has 0 spiro atoms. The lowest BCUT2D eigenvalue weighted by atomic mass is 10.1. The van der Waals surface area contributed by atoms with Crippen LogP contribution in [0.5, 0.6) is 0 Å². The minimum atomic E-state index is -0.0532. The van der Waals surface area contributed by atoms with E-state index in [9.17, 15) is 4.79 Å². The second-order valence-electron chi connectivity index (χ2n) is 6.61. The van der Waals surface area contributed by atoms with Gasteiger partial charge in [-0.15, -0.1) is 0 Å². The van der Waals surface area contributed by atoms with Crippen LogP contribution in [0.4, 0.5) is 5.69 Å². The Kier molecular flexibility index (Phi) is 5.86. The van der Waals surface area contributed by atoms with Crippen LogP contribution in [0.2, 0.25) is 0 Å². The van der Waals surface area contributed by atoms with Crippen LogP contribution in [0.15, 0.2) is 18.3 Å². The van der Waals surface area contributed by atoms with E-state index in [1.807, 2.05) is 6.07 Å². The number of aromatic nitrogens is 1. The van der Waals surface area contributed by atoms with E-state index in [0.717, 1.165) is 44.5 Å². The van der Waals surface area contributed by atoms with Crippen LogP contribution in [-0.2, 0) is 4.74 Å². The summed E-state index contributed by atoms with van der Waals surface area (Å²) >= 11 is 0. The lowest BCUT2D eigenvalue weighted by Crippen LogP contribution is -2.34. The van der Waals surface area contributed by atoms with Gasteiger partial charge in [-0.2, -0.15) is 0 Å². The van der Waals surface area contributed by atoms with E-state index in [4.69, 9.17) is 4.74 Å². The minimum absolute atomic E-state index is 0.0532. The number of pyridine rings is 1. The van der Waals surface area contributed by atoms with Gasteiger partial charge in [-0.3, -0.25) is 4.79 Å². The first-order valence-corrected chi connectivity index (χ1v) is 8.93. The molecular weight excluding hydrogens is 290 g/mol. The SMILES string of the molecule is O=C(NC1CCCCCC1)c1ccc(NCC2CCCO2)cn1. The average Bonchev–Trinajstić information content (AvgIpc) is 2.97. The first-order valence-electron chi connectivity index (χ1n) is 8.93. The van der Waals surface area contributed by atoms with Crippen molar-refractivity contribution in [2.24, 2.45) is 0 Å². The molecule has 126 valence electrons. The van der Waals surface area contributed by atoms with Gasteiger partial charge in [0.1, 0.15) is 5.69 Å². The van der Waals surface area contributed by atoms with E-state index < -0.39 is 0 Å². The molecule has 23 heavy (non-hydrogen) atoms. The van der Waals surface area contributed by atoms with Gasteiger partial charge < -0.3 is 15.4 Å². The van der Waals surface area contributed by atoms with Gasteiger partial charge >= 0.3 is 0 Å². The summed E-state index contributed by atoms with van der Waals surface area (Å²) in [4.78, 5) is 16.6. The predicted molar refractivity (Wildman–Crippen MR) is 90.7 cm³/mol. The van der Waals surface area contributed by atoms with Gasteiger partial charge in [-0.1, -0.05) is 25.7 Å². The highest BCUT2D eigenvalue weighted by Gasteiger charge is 2.17.